The number of amides is 2. The average Bonchev–Trinajstić information content (AvgIpc) is 3.32. The molecule has 2 saturated heterocycles. The number of fused-ring (bicyclic) bond motifs is 1. The summed E-state index contributed by atoms with van der Waals surface area (Å²) >= 11 is 13.7. The van der Waals surface area contributed by atoms with E-state index in [0.717, 1.165) is 22.2 Å². The van der Waals surface area contributed by atoms with Gasteiger partial charge in [-0.25, -0.2) is 4.99 Å². The standard InChI is InChI=1S/C30H29Cl2N5O3S/c1-2-20(38)5-3-8-27(39)37-15-13-36(14-16-37)25-11-12-33-24-10-9-19(17-21(24)25)18-26-29(40)35-30(41-26)34-28-22(31)6-4-7-23(28)32/h4,6-7,9-12,17-18H,2-3,5,8,13-16H2,1H3,(H,34,35,40)/b26-18-. The van der Waals surface area contributed by atoms with Crippen LogP contribution in [0.1, 0.15) is 38.2 Å². The summed E-state index contributed by atoms with van der Waals surface area (Å²) in [6.07, 6.45) is 5.62. The highest BCUT2D eigenvalue weighted by atomic mass is 35.5. The Kier molecular flexibility index (Phi) is 9.27. The fourth-order valence-corrected chi connectivity index (χ4v) is 6.12. The third kappa shape index (κ3) is 6.92. The number of para-hydroxylation sites is 1. The molecule has 2 fully saturated rings. The van der Waals surface area contributed by atoms with Crippen molar-refractivity contribution in [3.63, 3.8) is 0 Å². The van der Waals surface area contributed by atoms with Crippen LogP contribution in [-0.2, 0) is 14.4 Å². The zero-order valence-electron chi connectivity index (χ0n) is 22.5. The van der Waals surface area contributed by atoms with Gasteiger partial charge in [0.25, 0.3) is 5.91 Å². The number of hydrogen-bond acceptors (Lipinski definition) is 7. The summed E-state index contributed by atoms with van der Waals surface area (Å²) in [7, 11) is 0. The first-order valence-electron chi connectivity index (χ1n) is 13.5. The number of carbonyl (C=O) groups is 3. The van der Waals surface area contributed by atoms with Crippen LogP contribution in [-0.4, -0.2) is 58.8 Å². The van der Waals surface area contributed by atoms with Crippen molar-refractivity contribution in [2.45, 2.75) is 32.6 Å². The summed E-state index contributed by atoms with van der Waals surface area (Å²) < 4.78 is 0. The van der Waals surface area contributed by atoms with Crippen molar-refractivity contribution in [2.75, 3.05) is 31.1 Å². The highest BCUT2D eigenvalue weighted by Crippen LogP contribution is 2.36. The second kappa shape index (κ2) is 13.1. The van der Waals surface area contributed by atoms with Crippen LogP contribution < -0.4 is 10.2 Å². The van der Waals surface area contributed by atoms with E-state index in [1.54, 1.807) is 24.4 Å². The first-order valence-corrected chi connectivity index (χ1v) is 15.1. The molecule has 0 spiro atoms. The number of aliphatic imine (C=N–C) groups is 1. The molecule has 2 aromatic carbocycles. The third-order valence-electron chi connectivity index (χ3n) is 7.06. The summed E-state index contributed by atoms with van der Waals surface area (Å²) in [4.78, 5) is 50.5. The average molecular weight is 611 g/mol. The van der Waals surface area contributed by atoms with Crippen molar-refractivity contribution in [1.29, 1.82) is 0 Å². The van der Waals surface area contributed by atoms with E-state index in [4.69, 9.17) is 23.2 Å². The number of amidine groups is 1. The van der Waals surface area contributed by atoms with E-state index in [0.29, 0.717) is 77.7 Å². The Hall–Kier alpha value is -3.40. The fourth-order valence-electron chi connectivity index (χ4n) is 4.81. The number of piperazine rings is 1. The normalized spacial score (nSPS) is 17.5. The maximum absolute atomic E-state index is 12.7. The van der Waals surface area contributed by atoms with Gasteiger partial charge in [0, 0.05) is 62.7 Å². The number of hydrogen-bond donors (Lipinski definition) is 1. The number of ketones is 1. The van der Waals surface area contributed by atoms with Gasteiger partial charge in [-0.15, -0.1) is 0 Å². The number of nitrogens with one attached hydrogen (secondary N) is 1. The number of carbonyl (C=O) groups excluding carboxylic acids is 3. The predicted octanol–water partition coefficient (Wildman–Crippen LogP) is 6.23. The van der Waals surface area contributed by atoms with Crippen LogP contribution in [0.25, 0.3) is 17.0 Å². The van der Waals surface area contributed by atoms with Crippen LogP contribution in [0, 0.1) is 0 Å². The number of anilines is 1. The first-order chi connectivity index (χ1) is 19.8. The van der Waals surface area contributed by atoms with E-state index in [2.05, 4.69) is 20.2 Å². The molecule has 0 saturated carbocycles. The lowest BCUT2D eigenvalue weighted by atomic mass is 10.1. The quantitative estimate of drug-likeness (QED) is 0.304. The molecular weight excluding hydrogens is 581 g/mol. The lowest BCUT2D eigenvalue weighted by molar-refractivity contribution is -0.131. The number of aromatic nitrogens is 1. The topological polar surface area (TPSA) is 95.0 Å². The van der Waals surface area contributed by atoms with Gasteiger partial charge in [0.05, 0.1) is 20.5 Å². The molecule has 1 aromatic heterocycles. The molecule has 11 heteroatoms. The van der Waals surface area contributed by atoms with Crippen molar-refractivity contribution >= 4 is 86.1 Å². The first kappa shape index (κ1) is 29.1. The number of rotatable bonds is 8. The number of nitrogens with zero attached hydrogens (tertiary/aromatic N) is 4. The minimum Gasteiger partial charge on any atom is -0.367 e. The van der Waals surface area contributed by atoms with E-state index in [-0.39, 0.29) is 17.6 Å². The molecular formula is C30H29Cl2N5O3S. The van der Waals surface area contributed by atoms with Crippen LogP contribution in [0.5, 0.6) is 0 Å². The zero-order chi connectivity index (χ0) is 28.9. The van der Waals surface area contributed by atoms with Crippen molar-refractivity contribution in [3.05, 3.63) is 69.2 Å². The molecule has 0 unspecified atom stereocenters. The Labute approximate surface area is 252 Å². The Morgan fingerprint density at radius 3 is 2.56 bits per heavy atom. The summed E-state index contributed by atoms with van der Waals surface area (Å²) in [5, 5.41) is 4.97. The maximum atomic E-state index is 12.7. The van der Waals surface area contributed by atoms with Crippen LogP contribution >= 0.6 is 35.0 Å². The van der Waals surface area contributed by atoms with Gasteiger partial charge < -0.3 is 15.1 Å². The van der Waals surface area contributed by atoms with Gasteiger partial charge in [0.2, 0.25) is 5.91 Å². The molecule has 3 aromatic rings. The van der Waals surface area contributed by atoms with E-state index in [9.17, 15) is 14.4 Å². The smallest absolute Gasteiger partial charge is 0.264 e. The van der Waals surface area contributed by atoms with Gasteiger partial charge >= 0.3 is 0 Å². The number of halogens is 2. The molecule has 1 N–H and O–H groups in total. The van der Waals surface area contributed by atoms with Crippen molar-refractivity contribution < 1.29 is 14.4 Å². The van der Waals surface area contributed by atoms with Gasteiger partial charge in [-0.3, -0.25) is 19.4 Å². The lowest BCUT2D eigenvalue weighted by Gasteiger charge is -2.36. The highest BCUT2D eigenvalue weighted by Gasteiger charge is 2.25. The van der Waals surface area contributed by atoms with E-state index < -0.39 is 0 Å². The fraction of sp³-hybridized carbons (Fsp3) is 0.300. The molecule has 2 amide bonds. The highest BCUT2D eigenvalue weighted by molar-refractivity contribution is 8.18. The summed E-state index contributed by atoms with van der Waals surface area (Å²) in [5.41, 5.74) is 3.16. The molecule has 2 aliphatic rings. The Morgan fingerprint density at radius 1 is 1.07 bits per heavy atom. The largest absolute Gasteiger partial charge is 0.367 e. The second-order valence-corrected chi connectivity index (χ2v) is 11.6. The van der Waals surface area contributed by atoms with Crippen molar-refractivity contribution in [1.82, 2.24) is 15.2 Å². The minimum atomic E-state index is -0.247. The van der Waals surface area contributed by atoms with Gasteiger partial charge in [0.1, 0.15) is 11.5 Å². The third-order valence-corrected chi connectivity index (χ3v) is 8.58. The van der Waals surface area contributed by atoms with E-state index in [1.807, 2.05) is 42.2 Å². The zero-order valence-corrected chi connectivity index (χ0v) is 24.9. The van der Waals surface area contributed by atoms with Crippen LogP contribution in [0.3, 0.4) is 0 Å². The minimum absolute atomic E-state index is 0.106. The van der Waals surface area contributed by atoms with Crippen LogP contribution in [0.4, 0.5) is 11.4 Å². The molecule has 0 atom stereocenters. The molecule has 2 aliphatic heterocycles. The van der Waals surface area contributed by atoms with Crippen LogP contribution in [0.2, 0.25) is 10.0 Å². The summed E-state index contributed by atoms with van der Waals surface area (Å²) in [6, 6.07) is 13.0. The second-order valence-electron chi connectivity index (χ2n) is 9.77. The monoisotopic (exact) mass is 609 g/mol. The van der Waals surface area contributed by atoms with Gasteiger partial charge in [-0.1, -0.05) is 42.3 Å². The number of thioether (sulfide) groups is 1. The molecule has 0 aliphatic carbocycles. The molecule has 0 radical (unpaired) electrons. The van der Waals surface area contributed by atoms with E-state index >= 15 is 0 Å². The predicted molar refractivity (Wildman–Crippen MR) is 167 cm³/mol. The van der Waals surface area contributed by atoms with Crippen LogP contribution in [0.15, 0.2) is 58.6 Å². The van der Waals surface area contributed by atoms with Gasteiger partial charge in [0.15, 0.2) is 5.17 Å². The molecule has 5 rings (SSSR count). The lowest BCUT2D eigenvalue weighted by Crippen LogP contribution is -2.48. The Balaban J connectivity index is 1.29. The SMILES string of the molecule is CCC(=O)CCCC(=O)N1CCN(c2ccnc3ccc(/C=C4\SC(=Nc5c(Cl)cccc5Cl)NC4=O)cc23)CC1. The Morgan fingerprint density at radius 2 is 1.83 bits per heavy atom. The summed E-state index contributed by atoms with van der Waals surface area (Å²) in [5.74, 6) is 0.0577. The number of Topliss-reactive ketones (excluding diaryl/α,β-unsaturated/α-hetero) is 1. The van der Waals surface area contributed by atoms with Crippen molar-refractivity contribution in [3.8, 4) is 0 Å². The molecule has 0 bridgehead atoms. The number of pyridine rings is 1. The molecule has 41 heavy (non-hydrogen) atoms. The van der Waals surface area contributed by atoms with E-state index in [1.165, 1.54) is 11.8 Å². The molecule has 8 nitrogen and oxygen atoms in total. The Bertz CT molecular complexity index is 1550. The van der Waals surface area contributed by atoms with Crippen molar-refractivity contribution in [2.24, 2.45) is 4.99 Å². The summed E-state index contributed by atoms with van der Waals surface area (Å²) in [6.45, 7) is 4.51. The van der Waals surface area contributed by atoms with Gasteiger partial charge in [-0.05, 0) is 60.2 Å². The maximum Gasteiger partial charge on any atom is 0.264 e. The molecule has 212 valence electrons. The number of benzene rings is 2. The van der Waals surface area contributed by atoms with Gasteiger partial charge in [-0.2, -0.15) is 0 Å². The molecule has 3 heterocycles.